The fraction of sp³-hybridized carbons (Fsp3) is 0.682. The number of fused-ring (bicyclic) bond motifs is 2. The number of methoxy groups -OCH3 is 1. The molecule has 1 heterocycles. The molecule has 2 bridgehead atoms. The van der Waals surface area contributed by atoms with Gasteiger partial charge in [0.25, 0.3) is 5.91 Å². The smallest absolute Gasteiger partial charge is 0.251 e. The zero-order valence-electron chi connectivity index (χ0n) is 34.7. The van der Waals surface area contributed by atoms with Crippen molar-refractivity contribution in [2.75, 3.05) is 53.4 Å². The maximum atomic E-state index is 14.3. The van der Waals surface area contributed by atoms with E-state index in [0.717, 1.165) is 48.2 Å². The zero-order valence-corrected chi connectivity index (χ0v) is 34.7. The number of ether oxygens (including phenoxy) is 1. The summed E-state index contributed by atoms with van der Waals surface area (Å²) in [7, 11) is 9.68. The standard InChI is InChI=1S/C44H67N5O6/c1-26-35-21-32(44(35,3)4)22-36(26)45-43(53)40-39(27(2)51)38(25-50)55-49(40)23-29-16-13-17-34(41(29)54-9)30-18-31(20-33(19-30)48(7)8)42(52)46-37(24-47(5)6)28-14-11-10-12-15-28/h13,16-20,26-28,32,35-40,50-51H,10-12,14-15,21-25H2,1-9H3,(H,45,53)(H,46,52)/t26-,27-,32+,35-,36-,37?,38-,39+,40-/m0/s1. The fourth-order valence-electron chi connectivity index (χ4n) is 10.5. The number of carbonyl (C=O) groups excluding carboxylic acids is 2. The van der Waals surface area contributed by atoms with Gasteiger partial charge in [0.05, 0.1) is 26.4 Å². The highest BCUT2D eigenvalue weighted by Crippen LogP contribution is 2.61. The van der Waals surface area contributed by atoms with Gasteiger partial charge in [0, 0.05) is 61.0 Å². The summed E-state index contributed by atoms with van der Waals surface area (Å²) >= 11 is 0. The molecule has 7 rings (SSSR count). The second-order valence-electron chi connectivity index (χ2n) is 18.1. The molecule has 5 fully saturated rings. The normalized spacial score (nSPS) is 29.0. The van der Waals surface area contributed by atoms with Gasteiger partial charge < -0.3 is 35.4 Å². The molecule has 4 aliphatic carbocycles. The molecule has 2 aromatic carbocycles. The third-order valence-electron chi connectivity index (χ3n) is 13.8. The Hall–Kier alpha value is -3.22. The molecule has 1 saturated heterocycles. The van der Waals surface area contributed by atoms with E-state index >= 15 is 0 Å². The highest BCUT2D eigenvalue weighted by molar-refractivity contribution is 5.97. The monoisotopic (exact) mass is 762 g/mol. The van der Waals surface area contributed by atoms with Crippen molar-refractivity contribution in [3.8, 4) is 16.9 Å². The number of rotatable bonds is 14. The molecule has 1 unspecified atom stereocenters. The van der Waals surface area contributed by atoms with Crippen LogP contribution in [-0.2, 0) is 16.2 Å². The Bertz CT molecular complexity index is 1660. The number of anilines is 1. The number of benzene rings is 2. The molecule has 11 heteroatoms. The summed E-state index contributed by atoms with van der Waals surface area (Å²) in [6, 6.07) is 11.1. The van der Waals surface area contributed by atoms with Crippen LogP contribution in [0.15, 0.2) is 36.4 Å². The lowest BCUT2D eigenvalue weighted by molar-refractivity contribution is -0.183. The largest absolute Gasteiger partial charge is 0.496 e. The van der Waals surface area contributed by atoms with Crippen molar-refractivity contribution in [2.45, 2.75) is 110 Å². The van der Waals surface area contributed by atoms with Gasteiger partial charge in [-0.05, 0) is 99.6 Å². The first kappa shape index (κ1) is 41.4. The van der Waals surface area contributed by atoms with E-state index in [1.807, 2.05) is 49.3 Å². The minimum absolute atomic E-state index is 0.0445. The van der Waals surface area contributed by atoms with Crippen LogP contribution < -0.4 is 20.3 Å². The predicted octanol–water partition coefficient (Wildman–Crippen LogP) is 5.33. The molecule has 9 atom stereocenters. The number of nitrogens with zero attached hydrogens (tertiary/aromatic N) is 3. The summed E-state index contributed by atoms with van der Waals surface area (Å²) in [5.74, 6) is 1.62. The van der Waals surface area contributed by atoms with E-state index < -0.39 is 24.2 Å². The van der Waals surface area contributed by atoms with Crippen LogP contribution in [0.2, 0.25) is 0 Å². The van der Waals surface area contributed by atoms with Crippen LogP contribution in [0.4, 0.5) is 5.69 Å². The van der Waals surface area contributed by atoms with Crippen molar-refractivity contribution >= 4 is 17.5 Å². The van der Waals surface area contributed by atoms with Gasteiger partial charge in [0.1, 0.15) is 17.9 Å². The SMILES string of the molecule is COc1c(CN2O[C@@H](CO)[C@@H]([C@H](C)O)[C@H]2C(=O)N[C@H]2C[C@H]3C[C@@H]([C@@H]2C)C3(C)C)cccc1-c1cc(C(=O)NC(CN(C)C)C2CCCCC2)cc(N(C)C)c1. The molecule has 55 heavy (non-hydrogen) atoms. The molecule has 0 aromatic heterocycles. The van der Waals surface area contributed by atoms with E-state index in [1.165, 1.54) is 25.7 Å². The number of amides is 2. The highest BCUT2D eigenvalue weighted by Gasteiger charge is 2.57. The van der Waals surface area contributed by atoms with E-state index in [4.69, 9.17) is 9.57 Å². The summed E-state index contributed by atoms with van der Waals surface area (Å²) in [4.78, 5) is 38.8. The molecule has 4 N–H and O–H groups in total. The van der Waals surface area contributed by atoms with Crippen LogP contribution >= 0.6 is 0 Å². The third-order valence-corrected chi connectivity index (χ3v) is 13.8. The topological polar surface area (TPSA) is 127 Å². The lowest BCUT2D eigenvalue weighted by atomic mass is 9.45. The average molecular weight is 762 g/mol. The summed E-state index contributed by atoms with van der Waals surface area (Å²) in [6.45, 7) is 9.23. The second kappa shape index (κ2) is 17.1. The maximum Gasteiger partial charge on any atom is 0.251 e. The minimum atomic E-state index is -0.893. The molecule has 304 valence electrons. The highest BCUT2D eigenvalue weighted by atomic mass is 16.7. The van der Waals surface area contributed by atoms with Crippen molar-refractivity contribution in [2.24, 2.45) is 35.0 Å². The number of aliphatic hydroxyl groups excluding tert-OH is 2. The van der Waals surface area contributed by atoms with Crippen LogP contribution in [0, 0.1) is 35.0 Å². The number of likely N-dealkylation sites (N-methyl/N-ethyl adjacent to an activating group) is 1. The predicted molar refractivity (Wildman–Crippen MR) is 217 cm³/mol. The van der Waals surface area contributed by atoms with Crippen LogP contribution in [-0.4, -0.2) is 111 Å². The molecule has 1 aliphatic heterocycles. The molecule has 2 aromatic rings. The van der Waals surface area contributed by atoms with Gasteiger partial charge in [-0.3, -0.25) is 14.4 Å². The van der Waals surface area contributed by atoms with Gasteiger partial charge in [-0.1, -0.05) is 58.2 Å². The van der Waals surface area contributed by atoms with Crippen molar-refractivity contribution in [1.82, 2.24) is 20.6 Å². The van der Waals surface area contributed by atoms with Crippen LogP contribution in [0.5, 0.6) is 5.75 Å². The summed E-state index contributed by atoms with van der Waals surface area (Å²) in [5.41, 5.74) is 4.17. The molecule has 0 spiro atoms. The Morgan fingerprint density at radius 2 is 1.80 bits per heavy atom. The Kier molecular flexibility index (Phi) is 12.9. The van der Waals surface area contributed by atoms with Crippen LogP contribution in [0.1, 0.15) is 88.6 Å². The quantitative estimate of drug-likeness (QED) is 0.202. The zero-order chi connectivity index (χ0) is 39.8. The van der Waals surface area contributed by atoms with Crippen molar-refractivity contribution in [3.63, 3.8) is 0 Å². The van der Waals surface area contributed by atoms with Crippen molar-refractivity contribution in [1.29, 1.82) is 0 Å². The van der Waals surface area contributed by atoms with Gasteiger partial charge in [-0.2, -0.15) is 5.06 Å². The van der Waals surface area contributed by atoms with Gasteiger partial charge in [0.2, 0.25) is 5.91 Å². The summed E-state index contributed by atoms with van der Waals surface area (Å²) < 4.78 is 6.12. The number of nitrogens with one attached hydrogen (secondary N) is 2. The number of hydrogen-bond acceptors (Lipinski definition) is 9. The number of hydrogen-bond donors (Lipinski definition) is 4. The van der Waals surface area contributed by atoms with Gasteiger partial charge in [-0.25, -0.2) is 0 Å². The first-order valence-electron chi connectivity index (χ1n) is 20.6. The first-order chi connectivity index (χ1) is 26.1. The van der Waals surface area contributed by atoms with Gasteiger partial charge in [-0.15, -0.1) is 0 Å². The van der Waals surface area contributed by atoms with Crippen molar-refractivity contribution in [3.05, 3.63) is 47.5 Å². The van der Waals surface area contributed by atoms with E-state index in [-0.39, 0.29) is 42.5 Å². The van der Waals surface area contributed by atoms with Crippen molar-refractivity contribution < 1.29 is 29.4 Å². The molecule has 0 radical (unpaired) electrons. The number of aliphatic hydroxyl groups is 2. The molecule has 11 nitrogen and oxygen atoms in total. The second-order valence-corrected chi connectivity index (χ2v) is 18.1. The number of carbonyl (C=O) groups is 2. The molecule has 4 saturated carbocycles. The lowest BCUT2D eigenvalue weighted by Gasteiger charge is -2.62. The molecular weight excluding hydrogens is 695 g/mol. The van der Waals surface area contributed by atoms with E-state index in [1.54, 1.807) is 19.1 Å². The van der Waals surface area contributed by atoms with E-state index in [9.17, 15) is 19.8 Å². The van der Waals surface area contributed by atoms with Gasteiger partial charge >= 0.3 is 0 Å². The number of para-hydroxylation sites is 1. The van der Waals surface area contributed by atoms with E-state index in [2.05, 4.69) is 56.5 Å². The molecular formula is C44H67N5O6. The Morgan fingerprint density at radius 1 is 1.07 bits per heavy atom. The Labute approximate surface area is 329 Å². The minimum Gasteiger partial charge on any atom is -0.496 e. The van der Waals surface area contributed by atoms with Gasteiger partial charge in [0.15, 0.2) is 0 Å². The fourth-order valence-corrected chi connectivity index (χ4v) is 10.5. The van der Waals surface area contributed by atoms with E-state index in [0.29, 0.717) is 35.0 Å². The van der Waals surface area contributed by atoms with Crippen LogP contribution in [0.3, 0.4) is 0 Å². The average Bonchev–Trinajstić information content (AvgIpc) is 3.53. The maximum absolute atomic E-state index is 14.3. The number of hydroxylamine groups is 2. The molecule has 5 aliphatic rings. The summed E-state index contributed by atoms with van der Waals surface area (Å²) in [6.07, 6.45) is 6.43. The van der Waals surface area contributed by atoms with Crippen LogP contribution in [0.25, 0.3) is 11.1 Å². The Balaban J connectivity index is 1.28. The Morgan fingerprint density at radius 3 is 2.40 bits per heavy atom. The third kappa shape index (κ3) is 8.56. The molecule has 2 amide bonds. The summed E-state index contributed by atoms with van der Waals surface area (Å²) in [5, 5.41) is 29.8. The lowest BCUT2D eigenvalue weighted by Crippen LogP contribution is -2.62. The first-order valence-corrected chi connectivity index (χ1v) is 20.6.